The highest BCUT2D eigenvalue weighted by Gasteiger charge is 2.01. The number of hydrogen-bond acceptors (Lipinski definition) is 3. The van der Waals surface area contributed by atoms with Gasteiger partial charge in [0.15, 0.2) is 0 Å². The first-order valence-corrected chi connectivity index (χ1v) is 4.09. The second-order valence-electron chi connectivity index (χ2n) is 2.42. The summed E-state index contributed by atoms with van der Waals surface area (Å²) in [4.78, 5) is 10.3. The number of anilines is 1. The Morgan fingerprint density at radius 1 is 1.50 bits per heavy atom. The Morgan fingerprint density at radius 3 is 2.83 bits per heavy atom. The maximum atomic E-state index is 10.3. The van der Waals surface area contributed by atoms with Crippen LogP contribution in [0, 0.1) is 4.91 Å². The highest BCUT2D eigenvalue weighted by atomic mass is 35.5. The van der Waals surface area contributed by atoms with E-state index >= 15 is 0 Å². The van der Waals surface area contributed by atoms with Gasteiger partial charge in [-0.2, -0.15) is 0 Å². The number of nitrogen functional groups attached to an aromatic ring is 1. The van der Waals surface area contributed by atoms with Crippen LogP contribution >= 0.6 is 11.6 Å². The zero-order valence-electron chi connectivity index (χ0n) is 6.46. The highest BCUT2D eigenvalue weighted by molar-refractivity contribution is 6.18. The minimum Gasteiger partial charge on any atom is -0.399 e. The van der Waals surface area contributed by atoms with Crippen LogP contribution in [0.5, 0.6) is 0 Å². The molecule has 1 aromatic carbocycles. The van der Waals surface area contributed by atoms with E-state index in [0.717, 1.165) is 5.56 Å². The lowest BCUT2D eigenvalue weighted by molar-refractivity contribution is 1.14. The average molecular weight is 185 g/mol. The lowest BCUT2D eigenvalue weighted by Gasteiger charge is -2.01. The predicted octanol–water partition coefficient (Wildman–Crippen LogP) is 2.45. The molecule has 1 aromatic rings. The van der Waals surface area contributed by atoms with Crippen LogP contribution in [0.1, 0.15) is 5.56 Å². The third-order valence-electron chi connectivity index (χ3n) is 1.57. The summed E-state index contributed by atoms with van der Waals surface area (Å²) in [5.74, 6) is 0.464. The van der Waals surface area contributed by atoms with Crippen LogP contribution in [0.2, 0.25) is 0 Å². The second kappa shape index (κ2) is 4.07. The molecule has 64 valence electrons. The lowest BCUT2D eigenvalue weighted by atomic mass is 10.1. The van der Waals surface area contributed by atoms with Gasteiger partial charge in [-0.15, -0.1) is 16.5 Å². The van der Waals surface area contributed by atoms with Crippen molar-refractivity contribution in [3.63, 3.8) is 0 Å². The van der Waals surface area contributed by atoms with E-state index in [4.69, 9.17) is 17.3 Å². The molecule has 4 heteroatoms. The minimum atomic E-state index is 0.421. The summed E-state index contributed by atoms with van der Waals surface area (Å²) < 4.78 is 0. The van der Waals surface area contributed by atoms with E-state index in [1.165, 1.54) is 0 Å². The van der Waals surface area contributed by atoms with Crippen molar-refractivity contribution in [2.75, 3.05) is 11.6 Å². The number of hydrogen-bond donors (Lipinski definition) is 1. The molecule has 0 unspecified atom stereocenters. The highest BCUT2D eigenvalue weighted by Crippen LogP contribution is 2.22. The lowest BCUT2D eigenvalue weighted by Crippen LogP contribution is -1.90. The van der Waals surface area contributed by atoms with Gasteiger partial charge in [-0.25, -0.2) is 0 Å². The molecule has 2 N–H and O–H groups in total. The molecule has 1 rings (SSSR count). The van der Waals surface area contributed by atoms with Gasteiger partial charge in [0.2, 0.25) is 0 Å². The number of alkyl halides is 1. The van der Waals surface area contributed by atoms with Crippen LogP contribution in [0.15, 0.2) is 23.4 Å². The molecule has 0 spiro atoms. The second-order valence-corrected chi connectivity index (χ2v) is 2.80. The predicted molar refractivity (Wildman–Crippen MR) is 50.7 cm³/mol. The fourth-order valence-corrected chi connectivity index (χ4v) is 1.20. The zero-order chi connectivity index (χ0) is 8.97. The molecule has 0 amide bonds. The molecule has 0 aromatic heterocycles. The van der Waals surface area contributed by atoms with Crippen molar-refractivity contribution >= 4 is 23.0 Å². The van der Waals surface area contributed by atoms with Gasteiger partial charge in [0, 0.05) is 11.6 Å². The van der Waals surface area contributed by atoms with E-state index in [1.807, 2.05) is 0 Å². The molecule has 3 nitrogen and oxygen atoms in total. The number of rotatable bonds is 3. The molecule has 0 radical (unpaired) electrons. The van der Waals surface area contributed by atoms with Crippen LogP contribution in [0.3, 0.4) is 0 Å². The Morgan fingerprint density at radius 2 is 2.25 bits per heavy atom. The fraction of sp³-hybridized carbons (Fsp3) is 0.250. The van der Waals surface area contributed by atoms with Crippen molar-refractivity contribution in [1.82, 2.24) is 0 Å². The van der Waals surface area contributed by atoms with E-state index in [0.29, 0.717) is 23.7 Å². The summed E-state index contributed by atoms with van der Waals surface area (Å²) in [6, 6.07) is 4.97. The number of nitrogens with two attached hydrogens (primary N) is 1. The van der Waals surface area contributed by atoms with Gasteiger partial charge >= 0.3 is 0 Å². The smallest absolute Gasteiger partial charge is 0.111 e. The molecule has 0 bridgehead atoms. The van der Waals surface area contributed by atoms with Crippen LogP contribution < -0.4 is 5.73 Å². The van der Waals surface area contributed by atoms with Crippen LogP contribution in [-0.4, -0.2) is 5.88 Å². The molecule has 0 atom stereocenters. The summed E-state index contributed by atoms with van der Waals surface area (Å²) >= 11 is 5.53. The number of nitrogens with zero attached hydrogens (tertiary/aromatic N) is 1. The van der Waals surface area contributed by atoms with Crippen molar-refractivity contribution in [3.05, 3.63) is 28.7 Å². The van der Waals surface area contributed by atoms with Gasteiger partial charge in [-0.1, -0.05) is 0 Å². The molecule has 0 aliphatic heterocycles. The van der Waals surface area contributed by atoms with Gasteiger partial charge in [-0.3, -0.25) is 0 Å². The molecule has 0 fully saturated rings. The number of halogens is 1. The van der Waals surface area contributed by atoms with Gasteiger partial charge in [0.25, 0.3) is 0 Å². The monoisotopic (exact) mass is 184 g/mol. The van der Waals surface area contributed by atoms with Crippen LogP contribution in [-0.2, 0) is 6.42 Å². The Balaban J connectivity index is 3.03. The standard InChI is InChI=1S/C8H9ClN2O/c9-4-3-6-5-7(10)1-2-8(6)11-12/h1-2,5H,3-4,10H2. The van der Waals surface area contributed by atoms with Crippen molar-refractivity contribution in [1.29, 1.82) is 0 Å². The molecular weight excluding hydrogens is 176 g/mol. The Labute approximate surface area is 75.5 Å². The molecule has 0 heterocycles. The topological polar surface area (TPSA) is 55.4 Å². The van der Waals surface area contributed by atoms with Gasteiger partial charge in [0.05, 0.1) is 0 Å². The molecule has 12 heavy (non-hydrogen) atoms. The molecule has 0 aliphatic carbocycles. The first-order chi connectivity index (χ1) is 5.77. The average Bonchev–Trinajstić information content (AvgIpc) is 2.05. The zero-order valence-corrected chi connectivity index (χ0v) is 7.21. The normalized spacial score (nSPS) is 9.75. The van der Waals surface area contributed by atoms with Gasteiger partial charge in [-0.05, 0) is 35.4 Å². The Hall–Kier alpha value is -1.09. The third-order valence-corrected chi connectivity index (χ3v) is 1.75. The molecule has 0 saturated heterocycles. The van der Waals surface area contributed by atoms with E-state index in [2.05, 4.69) is 5.18 Å². The van der Waals surface area contributed by atoms with E-state index < -0.39 is 0 Å². The maximum absolute atomic E-state index is 10.3. The van der Waals surface area contributed by atoms with Crippen molar-refractivity contribution < 1.29 is 0 Å². The Bertz CT molecular complexity index is 288. The number of aryl methyl sites for hydroxylation is 1. The van der Waals surface area contributed by atoms with Crippen molar-refractivity contribution in [2.45, 2.75) is 6.42 Å². The Kier molecular flexibility index (Phi) is 3.05. The van der Waals surface area contributed by atoms with Crippen LogP contribution in [0.4, 0.5) is 11.4 Å². The quantitative estimate of drug-likeness (QED) is 0.446. The summed E-state index contributed by atoms with van der Waals surface area (Å²) in [5.41, 5.74) is 7.38. The summed E-state index contributed by atoms with van der Waals surface area (Å²) in [7, 11) is 0. The van der Waals surface area contributed by atoms with E-state index in [-0.39, 0.29) is 0 Å². The first kappa shape index (κ1) is 9.00. The maximum Gasteiger partial charge on any atom is 0.111 e. The van der Waals surface area contributed by atoms with E-state index in [9.17, 15) is 4.91 Å². The summed E-state index contributed by atoms with van der Waals surface area (Å²) in [6.07, 6.45) is 0.619. The number of nitroso groups, excluding NO2 is 1. The van der Waals surface area contributed by atoms with Gasteiger partial charge < -0.3 is 5.73 Å². The first-order valence-electron chi connectivity index (χ1n) is 3.55. The summed E-state index contributed by atoms with van der Waals surface area (Å²) in [5, 5.41) is 2.87. The third kappa shape index (κ3) is 1.95. The SMILES string of the molecule is Nc1ccc(N=O)c(CCCl)c1. The number of benzene rings is 1. The van der Waals surface area contributed by atoms with Crippen molar-refractivity contribution in [3.8, 4) is 0 Å². The fourth-order valence-electron chi connectivity index (χ4n) is 0.997. The van der Waals surface area contributed by atoms with Crippen LogP contribution in [0.25, 0.3) is 0 Å². The summed E-state index contributed by atoms with van der Waals surface area (Å²) in [6.45, 7) is 0. The van der Waals surface area contributed by atoms with E-state index in [1.54, 1.807) is 18.2 Å². The molecular formula is C8H9ClN2O. The molecule has 0 saturated carbocycles. The van der Waals surface area contributed by atoms with Crippen molar-refractivity contribution in [2.24, 2.45) is 5.18 Å². The van der Waals surface area contributed by atoms with Gasteiger partial charge in [0.1, 0.15) is 5.69 Å². The largest absolute Gasteiger partial charge is 0.399 e. The minimum absolute atomic E-state index is 0.421. The molecule has 0 aliphatic rings.